The number of nitrogens with one attached hydrogen (secondary N) is 1. The molecular formula is C22H31N3O3S. The number of rotatable bonds is 5. The average molecular weight is 418 g/mol. The standard InChI is InChI=1S/C22H31N3O3S/c1-14-18-12-19(29-21(18)25(24-14)17-6-4-3-5-7-17)20(26)23-13-15-8-10-16(11-9-15)22(27)28-2/h12,15-17H,3-11,13H2,1-2H3,(H,23,26)/t15-,16-. The fourth-order valence-electron chi connectivity index (χ4n) is 4.85. The van der Waals surface area contributed by atoms with E-state index in [1.54, 1.807) is 11.3 Å². The van der Waals surface area contributed by atoms with Crippen molar-refractivity contribution in [2.24, 2.45) is 11.8 Å². The molecule has 0 bridgehead atoms. The van der Waals surface area contributed by atoms with Gasteiger partial charge in [-0.15, -0.1) is 11.3 Å². The van der Waals surface area contributed by atoms with Crippen molar-refractivity contribution in [1.82, 2.24) is 15.1 Å². The van der Waals surface area contributed by atoms with Crippen molar-refractivity contribution in [1.29, 1.82) is 0 Å². The third-order valence-corrected chi connectivity index (χ3v) is 7.77. The second-order valence-corrected chi connectivity index (χ2v) is 9.63. The highest BCUT2D eigenvalue weighted by atomic mass is 32.1. The second kappa shape index (κ2) is 8.86. The fourth-order valence-corrected chi connectivity index (χ4v) is 6.00. The quantitative estimate of drug-likeness (QED) is 0.721. The van der Waals surface area contributed by atoms with Crippen LogP contribution >= 0.6 is 11.3 Å². The number of methoxy groups -OCH3 is 1. The highest BCUT2D eigenvalue weighted by molar-refractivity contribution is 7.20. The van der Waals surface area contributed by atoms with E-state index in [4.69, 9.17) is 9.84 Å². The number of amides is 1. The van der Waals surface area contributed by atoms with Crippen molar-refractivity contribution < 1.29 is 14.3 Å². The lowest BCUT2D eigenvalue weighted by molar-refractivity contribution is -0.146. The van der Waals surface area contributed by atoms with E-state index in [9.17, 15) is 9.59 Å². The first-order valence-electron chi connectivity index (χ1n) is 10.9. The van der Waals surface area contributed by atoms with E-state index < -0.39 is 0 Å². The number of hydrogen-bond acceptors (Lipinski definition) is 5. The summed E-state index contributed by atoms with van der Waals surface area (Å²) < 4.78 is 7.03. The Morgan fingerprint density at radius 2 is 1.90 bits per heavy atom. The Labute approximate surface area is 176 Å². The summed E-state index contributed by atoms with van der Waals surface area (Å²) in [7, 11) is 1.45. The second-order valence-electron chi connectivity index (χ2n) is 8.60. The Hall–Kier alpha value is -1.89. The Morgan fingerprint density at radius 1 is 1.17 bits per heavy atom. The molecule has 2 aromatic rings. The summed E-state index contributed by atoms with van der Waals surface area (Å²) in [4.78, 5) is 26.3. The predicted molar refractivity (Wildman–Crippen MR) is 114 cm³/mol. The average Bonchev–Trinajstić information content (AvgIpc) is 3.33. The maximum atomic E-state index is 12.8. The number of carbonyl (C=O) groups is 2. The topological polar surface area (TPSA) is 73.2 Å². The molecule has 2 saturated carbocycles. The van der Waals surface area contributed by atoms with Crippen LogP contribution < -0.4 is 5.32 Å². The summed E-state index contributed by atoms with van der Waals surface area (Å²) in [6, 6.07) is 2.48. The highest BCUT2D eigenvalue weighted by Gasteiger charge is 2.27. The first-order chi connectivity index (χ1) is 14.1. The van der Waals surface area contributed by atoms with E-state index in [0.29, 0.717) is 18.5 Å². The minimum atomic E-state index is -0.0971. The zero-order valence-electron chi connectivity index (χ0n) is 17.4. The van der Waals surface area contributed by atoms with Crippen molar-refractivity contribution in [3.63, 3.8) is 0 Å². The van der Waals surface area contributed by atoms with Gasteiger partial charge < -0.3 is 10.1 Å². The number of ether oxygens (including phenoxy) is 1. The van der Waals surface area contributed by atoms with Gasteiger partial charge in [-0.2, -0.15) is 5.10 Å². The number of fused-ring (bicyclic) bond motifs is 1. The van der Waals surface area contributed by atoms with Gasteiger partial charge in [0, 0.05) is 11.9 Å². The molecule has 29 heavy (non-hydrogen) atoms. The lowest BCUT2D eigenvalue weighted by Gasteiger charge is -2.26. The maximum absolute atomic E-state index is 12.8. The van der Waals surface area contributed by atoms with Crippen LogP contribution in [-0.4, -0.2) is 35.3 Å². The molecule has 2 aliphatic rings. The third kappa shape index (κ3) is 4.34. The summed E-state index contributed by atoms with van der Waals surface area (Å²) >= 11 is 1.57. The van der Waals surface area contributed by atoms with E-state index in [0.717, 1.165) is 46.5 Å². The molecule has 0 unspecified atom stereocenters. The predicted octanol–water partition coefficient (Wildman–Crippen LogP) is 4.62. The zero-order valence-corrected chi connectivity index (χ0v) is 18.2. The van der Waals surface area contributed by atoms with Gasteiger partial charge in [0.05, 0.1) is 29.6 Å². The molecule has 4 rings (SSSR count). The van der Waals surface area contributed by atoms with Gasteiger partial charge in [0.1, 0.15) is 4.83 Å². The first kappa shape index (κ1) is 20.4. The van der Waals surface area contributed by atoms with Crippen LogP contribution in [-0.2, 0) is 9.53 Å². The molecule has 0 aromatic carbocycles. The lowest BCUT2D eigenvalue weighted by atomic mass is 9.82. The van der Waals surface area contributed by atoms with Crippen molar-refractivity contribution in [3.05, 3.63) is 16.6 Å². The SMILES string of the molecule is COC(=O)[C@H]1CC[C@H](CNC(=O)c2cc3c(C)nn(C4CCCCC4)c3s2)CC1. The molecule has 6 nitrogen and oxygen atoms in total. The van der Waals surface area contributed by atoms with E-state index >= 15 is 0 Å². The van der Waals surface area contributed by atoms with Crippen LogP contribution in [0.2, 0.25) is 0 Å². The van der Waals surface area contributed by atoms with Gasteiger partial charge in [-0.1, -0.05) is 19.3 Å². The normalized spacial score (nSPS) is 23.2. The van der Waals surface area contributed by atoms with E-state index in [1.165, 1.54) is 39.2 Å². The smallest absolute Gasteiger partial charge is 0.308 e. The summed E-state index contributed by atoms with van der Waals surface area (Å²) in [6.45, 7) is 2.71. The lowest BCUT2D eigenvalue weighted by Crippen LogP contribution is -2.32. The van der Waals surface area contributed by atoms with Crippen LogP contribution in [0, 0.1) is 18.8 Å². The first-order valence-corrected chi connectivity index (χ1v) is 11.7. The number of nitrogens with zero attached hydrogens (tertiary/aromatic N) is 2. The molecule has 2 aliphatic carbocycles. The molecule has 1 N–H and O–H groups in total. The molecule has 1 amide bonds. The van der Waals surface area contributed by atoms with Crippen LogP contribution in [0.15, 0.2) is 6.07 Å². The molecule has 2 fully saturated rings. The van der Waals surface area contributed by atoms with Gasteiger partial charge in [0.15, 0.2) is 0 Å². The highest BCUT2D eigenvalue weighted by Crippen LogP contribution is 2.35. The summed E-state index contributed by atoms with van der Waals surface area (Å²) in [6.07, 6.45) is 9.85. The van der Waals surface area contributed by atoms with Gasteiger partial charge in [-0.05, 0) is 57.4 Å². The molecule has 2 heterocycles. The van der Waals surface area contributed by atoms with Crippen LogP contribution in [0.1, 0.15) is 79.2 Å². The number of hydrogen-bond donors (Lipinski definition) is 1. The molecule has 2 aromatic heterocycles. The van der Waals surface area contributed by atoms with Crippen molar-refractivity contribution in [3.8, 4) is 0 Å². The number of carbonyl (C=O) groups excluding carboxylic acids is 2. The molecule has 0 aliphatic heterocycles. The molecule has 158 valence electrons. The summed E-state index contributed by atoms with van der Waals surface area (Å²) in [5.41, 5.74) is 1.02. The van der Waals surface area contributed by atoms with E-state index in [1.807, 2.05) is 13.0 Å². The minimum absolute atomic E-state index is 0.0101. The molecule has 0 saturated heterocycles. The molecule has 0 spiro atoms. The van der Waals surface area contributed by atoms with Crippen molar-refractivity contribution in [2.45, 2.75) is 70.8 Å². The van der Waals surface area contributed by atoms with Gasteiger partial charge in [-0.3, -0.25) is 14.3 Å². The molecule has 0 radical (unpaired) electrons. The third-order valence-electron chi connectivity index (χ3n) is 6.65. The van der Waals surface area contributed by atoms with Gasteiger partial charge in [0.25, 0.3) is 5.91 Å². The van der Waals surface area contributed by atoms with Gasteiger partial charge >= 0.3 is 5.97 Å². The number of aryl methyl sites for hydroxylation is 1. The Morgan fingerprint density at radius 3 is 2.59 bits per heavy atom. The minimum Gasteiger partial charge on any atom is -0.469 e. The Kier molecular flexibility index (Phi) is 6.23. The van der Waals surface area contributed by atoms with Crippen LogP contribution in [0.5, 0.6) is 0 Å². The Bertz CT molecular complexity index is 873. The van der Waals surface area contributed by atoms with Gasteiger partial charge in [0.2, 0.25) is 0 Å². The summed E-state index contributed by atoms with van der Waals surface area (Å²) in [5, 5.41) is 9.02. The van der Waals surface area contributed by atoms with Gasteiger partial charge in [-0.25, -0.2) is 0 Å². The monoisotopic (exact) mass is 417 g/mol. The molecular weight excluding hydrogens is 386 g/mol. The summed E-state index contributed by atoms with van der Waals surface area (Å²) in [5.74, 6) is 0.380. The van der Waals surface area contributed by atoms with E-state index in [2.05, 4.69) is 10.00 Å². The van der Waals surface area contributed by atoms with E-state index in [-0.39, 0.29) is 17.8 Å². The van der Waals surface area contributed by atoms with Crippen LogP contribution in [0.3, 0.4) is 0 Å². The number of aromatic nitrogens is 2. The fraction of sp³-hybridized carbons (Fsp3) is 0.682. The van der Waals surface area contributed by atoms with Crippen LogP contribution in [0.25, 0.3) is 10.2 Å². The largest absolute Gasteiger partial charge is 0.469 e. The molecule has 7 heteroatoms. The Balaban J connectivity index is 1.37. The number of esters is 1. The number of thiophene rings is 1. The maximum Gasteiger partial charge on any atom is 0.308 e. The van der Waals surface area contributed by atoms with Crippen molar-refractivity contribution >= 4 is 33.4 Å². The van der Waals surface area contributed by atoms with Crippen molar-refractivity contribution in [2.75, 3.05) is 13.7 Å². The molecule has 0 atom stereocenters. The van der Waals surface area contributed by atoms with Crippen LogP contribution in [0.4, 0.5) is 0 Å². The zero-order chi connectivity index (χ0) is 20.4.